The molecule has 0 spiro atoms. The van der Waals surface area contributed by atoms with E-state index in [2.05, 4.69) is 4.99 Å². The molecule has 2 aliphatic heterocycles. The van der Waals surface area contributed by atoms with E-state index in [4.69, 9.17) is 9.84 Å². The molecule has 2 heterocycles. The zero-order valence-electron chi connectivity index (χ0n) is 9.34. The molecule has 1 unspecified atom stereocenters. The molecule has 0 saturated carbocycles. The Balaban J connectivity index is 2.43. The molecule has 0 aromatic rings. The molecular weight excluding hydrogens is 210 g/mol. The molecule has 0 fully saturated rings. The van der Waals surface area contributed by atoms with Crippen LogP contribution in [-0.2, 0) is 9.53 Å². The van der Waals surface area contributed by atoms with Gasteiger partial charge in [-0.1, -0.05) is 0 Å². The highest BCUT2D eigenvalue weighted by molar-refractivity contribution is 6.40. The number of carboxylic acids is 1. The van der Waals surface area contributed by atoms with Gasteiger partial charge in [0, 0.05) is 19.2 Å². The van der Waals surface area contributed by atoms with Crippen LogP contribution in [0, 0.1) is 0 Å². The van der Waals surface area contributed by atoms with Crippen molar-refractivity contribution in [3.05, 3.63) is 23.9 Å². The molecule has 0 aliphatic carbocycles. The Morgan fingerprint density at radius 3 is 2.88 bits per heavy atom. The van der Waals surface area contributed by atoms with Crippen LogP contribution in [-0.4, -0.2) is 47.0 Å². The Hall–Kier alpha value is -1.82. The minimum Gasteiger partial charge on any atom is -0.481 e. The van der Waals surface area contributed by atoms with Crippen LogP contribution in [0.3, 0.4) is 0 Å². The summed E-state index contributed by atoms with van der Waals surface area (Å²) in [5, 5.41) is 12.6. The average molecular weight is 223 g/mol. The van der Waals surface area contributed by atoms with E-state index < -0.39 is 5.97 Å². The molecule has 0 radical (unpaired) electrons. The van der Waals surface area contributed by atoms with Gasteiger partial charge in [-0.05, 0) is 13.0 Å². The molecule has 0 amide bonds. The first kappa shape index (κ1) is 10.7. The molecule has 16 heavy (non-hydrogen) atoms. The smallest absolute Gasteiger partial charge is 0.354 e. The average Bonchev–Trinajstić information content (AvgIpc) is 2.53. The summed E-state index contributed by atoms with van der Waals surface area (Å²) in [5.74, 6) is -0.00504. The SMILES string of the molecule is COC1=CC(C(=O)O)=NC2=CC(C)N(C)N21. The fourth-order valence-electron chi connectivity index (χ4n) is 1.68. The number of methoxy groups -OCH3 is 1. The van der Waals surface area contributed by atoms with Crippen LogP contribution >= 0.6 is 0 Å². The molecule has 0 aromatic heterocycles. The van der Waals surface area contributed by atoms with Gasteiger partial charge < -0.3 is 9.84 Å². The number of hydrogen-bond donors (Lipinski definition) is 1. The van der Waals surface area contributed by atoms with E-state index in [9.17, 15) is 4.79 Å². The van der Waals surface area contributed by atoms with Gasteiger partial charge in [0.2, 0.25) is 5.88 Å². The number of aliphatic imine (C=N–C) groups is 1. The van der Waals surface area contributed by atoms with Gasteiger partial charge in [0.25, 0.3) is 0 Å². The summed E-state index contributed by atoms with van der Waals surface area (Å²) < 4.78 is 5.16. The van der Waals surface area contributed by atoms with E-state index >= 15 is 0 Å². The van der Waals surface area contributed by atoms with Gasteiger partial charge in [0.1, 0.15) is 5.82 Å². The number of hydrazine groups is 1. The van der Waals surface area contributed by atoms with Crippen LogP contribution in [0.1, 0.15) is 6.92 Å². The monoisotopic (exact) mass is 223 g/mol. The van der Waals surface area contributed by atoms with Crippen molar-refractivity contribution in [1.82, 2.24) is 10.0 Å². The van der Waals surface area contributed by atoms with Crippen LogP contribution in [0.2, 0.25) is 0 Å². The van der Waals surface area contributed by atoms with Crippen molar-refractivity contribution < 1.29 is 14.6 Å². The van der Waals surface area contributed by atoms with Crippen molar-refractivity contribution in [3.8, 4) is 0 Å². The fraction of sp³-hybridized carbons (Fsp3) is 0.400. The second-order valence-electron chi connectivity index (χ2n) is 3.64. The van der Waals surface area contributed by atoms with Gasteiger partial charge in [-0.25, -0.2) is 19.8 Å². The van der Waals surface area contributed by atoms with Gasteiger partial charge in [-0.15, -0.1) is 0 Å². The Kier molecular flexibility index (Phi) is 2.43. The van der Waals surface area contributed by atoms with E-state index in [0.717, 1.165) is 0 Å². The van der Waals surface area contributed by atoms with Gasteiger partial charge in [0.05, 0.1) is 7.11 Å². The molecule has 0 saturated heterocycles. The third-order valence-electron chi connectivity index (χ3n) is 2.64. The molecule has 6 nitrogen and oxygen atoms in total. The van der Waals surface area contributed by atoms with Gasteiger partial charge in [-0.2, -0.15) is 0 Å². The van der Waals surface area contributed by atoms with E-state index in [1.165, 1.54) is 13.2 Å². The lowest BCUT2D eigenvalue weighted by Crippen LogP contribution is -2.39. The zero-order valence-corrected chi connectivity index (χ0v) is 9.34. The lowest BCUT2D eigenvalue weighted by Gasteiger charge is -2.32. The lowest BCUT2D eigenvalue weighted by molar-refractivity contribution is -0.129. The number of fused-ring (bicyclic) bond motifs is 1. The molecular formula is C10H13N3O3. The topological polar surface area (TPSA) is 65.4 Å². The van der Waals surface area contributed by atoms with Crippen molar-refractivity contribution in [2.45, 2.75) is 13.0 Å². The van der Waals surface area contributed by atoms with Crippen molar-refractivity contribution >= 4 is 11.7 Å². The number of nitrogens with zero attached hydrogens (tertiary/aromatic N) is 3. The fourth-order valence-corrected chi connectivity index (χ4v) is 1.68. The zero-order chi connectivity index (χ0) is 11.9. The summed E-state index contributed by atoms with van der Waals surface area (Å²) in [6.45, 7) is 1.99. The highest BCUT2D eigenvalue weighted by atomic mass is 16.5. The maximum absolute atomic E-state index is 10.9. The number of aliphatic carboxylic acids is 1. The maximum Gasteiger partial charge on any atom is 0.354 e. The van der Waals surface area contributed by atoms with Crippen molar-refractivity contribution in [2.75, 3.05) is 14.2 Å². The number of hydrogen-bond acceptors (Lipinski definition) is 5. The van der Waals surface area contributed by atoms with Gasteiger partial charge in [-0.3, -0.25) is 0 Å². The standard InChI is InChI=1S/C10H13N3O3/c1-6-4-8-11-7(10(14)15)5-9(16-3)13(8)12(6)2/h4-6H,1-3H3,(H,14,15). The third kappa shape index (κ3) is 1.47. The predicted octanol–water partition coefficient (Wildman–Crippen LogP) is 0.406. The van der Waals surface area contributed by atoms with Crippen LogP contribution in [0.25, 0.3) is 0 Å². The molecule has 1 atom stereocenters. The minimum absolute atomic E-state index is 0.0122. The summed E-state index contributed by atoms with van der Waals surface area (Å²) in [6.07, 6.45) is 3.29. The van der Waals surface area contributed by atoms with E-state index in [1.807, 2.05) is 25.1 Å². The molecule has 6 heteroatoms. The van der Waals surface area contributed by atoms with E-state index in [1.54, 1.807) is 5.01 Å². The highest BCUT2D eigenvalue weighted by Gasteiger charge is 2.33. The van der Waals surface area contributed by atoms with Crippen LogP contribution in [0.5, 0.6) is 0 Å². The molecule has 0 bridgehead atoms. The second-order valence-corrected chi connectivity index (χ2v) is 3.64. The minimum atomic E-state index is -1.06. The number of carboxylic acid groups (broad SMARTS) is 1. The van der Waals surface area contributed by atoms with Crippen molar-refractivity contribution in [1.29, 1.82) is 0 Å². The summed E-state index contributed by atoms with van der Waals surface area (Å²) in [7, 11) is 3.40. The Morgan fingerprint density at radius 2 is 2.31 bits per heavy atom. The number of likely N-dealkylation sites (N-methyl/N-ethyl adjacent to an activating group) is 1. The Bertz CT molecular complexity index is 425. The first-order valence-electron chi connectivity index (χ1n) is 4.87. The molecule has 2 aliphatic rings. The van der Waals surface area contributed by atoms with Crippen LogP contribution in [0.15, 0.2) is 28.8 Å². The largest absolute Gasteiger partial charge is 0.481 e. The Labute approximate surface area is 93.1 Å². The normalized spacial score (nSPS) is 24.6. The molecule has 86 valence electrons. The van der Waals surface area contributed by atoms with Gasteiger partial charge >= 0.3 is 5.97 Å². The predicted molar refractivity (Wildman–Crippen MR) is 57.3 cm³/mol. The third-order valence-corrected chi connectivity index (χ3v) is 2.64. The summed E-state index contributed by atoms with van der Waals surface area (Å²) >= 11 is 0. The number of carbonyl (C=O) groups is 1. The van der Waals surface area contributed by atoms with Gasteiger partial charge in [0.15, 0.2) is 5.71 Å². The maximum atomic E-state index is 10.9. The highest BCUT2D eigenvalue weighted by Crippen LogP contribution is 2.29. The summed E-state index contributed by atoms with van der Waals surface area (Å²) in [6, 6.07) is 0.158. The summed E-state index contributed by atoms with van der Waals surface area (Å²) in [4.78, 5) is 14.9. The molecule has 2 rings (SSSR count). The molecule has 1 N–H and O–H groups in total. The number of ether oxygens (including phenoxy) is 1. The van der Waals surface area contributed by atoms with Crippen molar-refractivity contribution in [3.63, 3.8) is 0 Å². The lowest BCUT2D eigenvalue weighted by atomic mass is 10.3. The van der Waals surface area contributed by atoms with Crippen molar-refractivity contribution in [2.24, 2.45) is 4.99 Å². The van der Waals surface area contributed by atoms with E-state index in [0.29, 0.717) is 11.7 Å². The number of rotatable bonds is 2. The van der Waals surface area contributed by atoms with E-state index in [-0.39, 0.29) is 11.8 Å². The first-order chi connectivity index (χ1) is 7.54. The first-order valence-corrected chi connectivity index (χ1v) is 4.87. The quantitative estimate of drug-likeness (QED) is 0.734. The second kappa shape index (κ2) is 3.64. The molecule has 0 aromatic carbocycles. The van der Waals surface area contributed by atoms with Crippen LogP contribution in [0.4, 0.5) is 0 Å². The summed E-state index contributed by atoms with van der Waals surface area (Å²) in [5.41, 5.74) is -0.0122. The van der Waals surface area contributed by atoms with Crippen LogP contribution < -0.4 is 0 Å². The Morgan fingerprint density at radius 1 is 1.62 bits per heavy atom.